The molecule has 4 fully saturated rings. The third-order valence-electron chi connectivity index (χ3n) is 7.95. The number of imidazole rings is 1. The fourth-order valence-corrected chi connectivity index (χ4v) is 7.23. The van der Waals surface area contributed by atoms with Gasteiger partial charge in [0.05, 0.1) is 16.9 Å². The molecule has 2 heterocycles. The van der Waals surface area contributed by atoms with Crippen LogP contribution in [0.5, 0.6) is 0 Å². The lowest BCUT2D eigenvalue weighted by Gasteiger charge is -2.56. The minimum Gasteiger partial charge on any atom is -0.344 e. The van der Waals surface area contributed by atoms with Gasteiger partial charge in [-0.2, -0.15) is 0 Å². The van der Waals surface area contributed by atoms with E-state index in [1.807, 2.05) is 30.3 Å². The Balaban J connectivity index is 1.45. The summed E-state index contributed by atoms with van der Waals surface area (Å²) in [4.78, 5) is 22.9. The highest BCUT2D eigenvalue weighted by molar-refractivity contribution is 6.35. The number of nitrogens with zero attached hydrogens (tertiary/aromatic N) is 4. The third-order valence-corrected chi connectivity index (χ3v) is 8.26. The summed E-state index contributed by atoms with van der Waals surface area (Å²) in [5.41, 5.74) is 3.67. The SMILES string of the molecule is Clc1ccc(-c2nc(-c3ccccc3)nc(C34CC5CC(CC(C5)C3)C4)n2)c2[nH]cnc12. The zero-order valence-electron chi connectivity index (χ0n) is 17.8. The van der Waals surface area contributed by atoms with Crippen LogP contribution in [0.1, 0.15) is 44.3 Å². The molecule has 0 radical (unpaired) electrons. The number of hydrogen-bond acceptors (Lipinski definition) is 4. The topological polar surface area (TPSA) is 67.3 Å². The lowest BCUT2D eigenvalue weighted by molar-refractivity contribution is -0.00938. The number of halogens is 1. The molecule has 8 rings (SSSR count). The summed E-state index contributed by atoms with van der Waals surface area (Å²) in [5.74, 6) is 4.94. The molecule has 4 saturated carbocycles. The van der Waals surface area contributed by atoms with Crippen molar-refractivity contribution in [2.75, 3.05) is 0 Å². The predicted molar refractivity (Wildman–Crippen MR) is 125 cm³/mol. The maximum atomic E-state index is 6.39. The zero-order valence-corrected chi connectivity index (χ0v) is 18.5. The average molecular weight is 442 g/mol. The summed E-state index contributed by atoms with van der Waals surface area (Å²) in [6.45, 7) is 0. The van der Waals surface area contributed by atoms with E-state index in [-0.39, 0.29) is 5.41 Å². The number of nitrogens with one attached hydrogen (secondary N) is 1. The van der Waals surface area contributed by atoms with Crippen molar-refractivity contribution < 1.29 is 0 Å². The lowest BCUT2D eigenvalue weighted by atomic mass is 9.49. The molecule has 6 heteroatoms. The second-order valence-electron chi connectivity index (χ2n) is 10.1. The van der Waals surface area contributed by atoms with Gasteiger partial charge in [0, 0.05) is 16.5 Å². The molecule has 4 aliphatic rings. The summed E-state index contributed by atoms with van der Waals surface area (Å²) < 4.78 is 0. The number of fused-ring (bicyclic) bond motifs is 1. The molecule has 2 aromatic heterocycles. The molecule has 4 bridgehead atoms. The first-order valence-corrected chi connectivity index (χ1v) is 12.0. The molecule has 0 saturated heterocycles. The molecule has 4 aliphatic carbocycles. The van der Waals surface area contributed by atoms with Crippen molar-refractivity contribution in [1.29, 1.82) is 0 Å². The average Bonchev–Trinajstić information content (AvgIpc) is 3.30. The summed E-state index contributed by atoms with van der Waals surface area (Å²) >= 11 is 6.39. The van der Waals surface area contributed by atoms with Crippen molar-refractivity contribution in [3.8, 4) is 22.8 Å². The van der Waals surface area contributed by atoms with Gasteiger partial charge in [0.25, 0.3) is 0 Å². The van der Waals surface area contributed by atoms with E-state index in [4.69, 9.17) is 26.6 Å². The first-order chi connectivity index (χ1) is 15.7. The molecule has 0 spiro atoms. The Kier molecular flexibility index (Phi) is 4.01. The van der Waals surface area contributed by atoms with Gasteiger partial charge in [0.1, 0.15) is 11.3 Å². The highest BCUT2D eigenvalue weighted by Crippen LogP contribution is 2.60. The van der Waals surface area contributed by atoms with Crippen molar-refractivity contribution in [1.82, 2.24) is 24.9 Å². The Bertz CT molecular complexity index is 1290. The van der Waals surface area contributed by atoms with Gasteiger partial charge in [-0.15, -0.1) is 0 Å². The van der Waals surface area contributed by atoms with Crippen molar-refractivity contribution in [3.05, 3.63) is 59.6 Å². The number of benzene rings is 2. The first kappa shape index (κ1) is 18.8. The summed E-state index contributed by atoms with van der Waals surface area (Å²) in [6.07, 6.45) is 9.53. The van der Waals surface area contributed by atoms with Gasteiger partial charge in [-0.25, -0.2) is 19.9 Å². The molecule has 2 aromatic carbocycles. The van der Waals surface area contributed by atoms with E-state index in [0.29, 0.717) is 10.8 Å². The molecule has 0 aliphatic heterocycles. The van der Waals surface area contributed by atoms with Crippen molar-refractivity contribution in [2.24, 2.45) is 17.8 Å². The van der Waals surface area contributed by atoms with E-state index in [1.165, 1.54) is 38.5 Å². The Morgan fingerprint density at radius 3 is 2.22 bits per heavy atom. The van der Waals surface area contributed by atoms with E-state index in [0.717, 1.165) is 51.6 Å². The van der Waals surface area contributed by atoms with Crippen LogP contribution in [0.4, 0.5) is 0 Å². The minimum atomic E-state index is 0.0928. The first-order valence-electron chi connectivity index (χ1n) is 11.6. The number of aromatic nitrogens is 5. The summed E-state index contributed by atoms with van der Waals surface area (Å²) in [5, 5.41) is 0.628. The van der Waals surface area contributed by atoms with Gasteiger partial charge >= 0.3 is 0 Å². The molecule has 5 nitrogen and oxygen atoms in total. The monoisotopic (exact) mass is 441 g/mol. The normalized spacial score (nSPS) is 28.5. The molecule has 0 amide bonds. The molecule has 160 valence electrons. The van der Waals surface area contributed by atoms with E-state index < -0.39 is 0 Å². The summed E-state index contributed by atoms with van der Waals surface area (Å²) in [7, 11) is 0. The maximum absolute atomic E-state index is 6.39. The standard InChI is InChI=1S/C26H24ClN5/c27-20-7-6-19(21-22(20)29-14-28-21)24-30-23(18-4-2-1-3-5-18)31-25(32-24)26-11-15-8-16(12-26)10-17(9-15)13-26/h1-7,14-17H,8-13H2,(H,28,29). The van der Waals surface area contributed by atoms with Crippen molar-refractivity contribution >= 4 is 22.6 Å². The maximum Gasteiger partial charge on any atom is 0.165 e. The Morgan fingerprint density at radius 2 is 1.50 bits per heavy atom. The van der Waals surface area contributed by atoms with Crippen LogP contribution in [-0.2, 0) is 5.41 Å². The second kappa shape index (κ2) is 6.85. The van der Waals surface area contributed by atoms with E-state index >= 15 is 0 Å². The van der Waals surface area contributed by atoms with Gasteiger partial charge < -0.3 is 4.98 Å². The molecule has 1 N–H and O–H groups in total. The second-order valence-corrected chi connectivity index (χ2v) is 10.5. The Morgan fingerprint density at radius 1 is 0.812 bits per heavy atom. The van der Waals surface area contributed by atoms with Crippen LogP contribution in [-0.4, -0.2) is 24.9 Å². The number of H-pyrrole nitrogens is 1. The lowest BCUT2D eigenvalue weighted by Crippen LogP contribution is -2.49. The quantitative estimate of drug-likeness (QED) is 0.410. The Hall–Kier alpha value is -2.79. The largest absolute Gasteiger partial charge is 0.344 e. The van der Waals surface area contributed by atoms with E-state index in [9.17, 15) is 0 Å². The van der Waals surface area contributed by atoms with Crippen molar-refractivity contribution in [2.45, 2.75) is 43.9 Å². The van der Waals surface area contributed by atoms with Crippen LogP contribution >= 0.6 is 11.6 Å². The number of aromatic amines is 1. The number of rotatable bonds is 3. The third kappa shape index (κ3) is 2.83. The van der Waals surface area contributed by atoms with Gasteiger partial charge in [-0.3, -0.25) is 0 Å². The van der Waals surface area contributed by atoms with Crippen molar-refractivity contribution in [3.63, 3.8) is 0 Å². The van der Waals surface area contributed by atoms with Gasteiger partial charge in [0.15, 0.2) is 11.6 Å². The van der Waals surface area contributed by atoms with Crippen LogP contribution < -0.4 is 0 Å². The molecular formula is C26H24ClN5. The molecule has 0 atom stereocenters. The van der Waals surface area contributed by atoms with Gasteiger partial charge in [-0.1, -0.05) is 41.9 Å². The smallest absolute Gasteiger partial charge is 0.165 e. The fourth-order valence-electron chi connectivity index (χ4n) is 7.02. The van der Waals surface area contributed by atoms with Gasteiger partial charge in [0.2, 0.25) is 0 Å². The zero-order chi connectivity index (χ0) is 21.3. The minimum absolute atomic E-state index is 0.0928. The highest BCUT2D eigenvalue weighted by Gasteiger charge is 2.53. The van der Waals surface area contributed by atoms with Crippen LogP contribution in [0.3, 0.4) is 0 Å². The molecule has 4 aromatic rings. The van der Waals surface area contributed by atoms with E-state index in [1.54, 1.807) is 6.33 Å². The van der Waals surface area contributed by atoms with Gasteiger partial charge in [-0.05, 0) is 68.4 Å². The van der Waals surface area contributed by atoms with Crippen LogP contribution in [0, 0.1) is 17.8 Å². The molecule has 0 unspecified atom stereocenters. The molecule has 32 heavy (non-hydrogen) atoms. The van der Waals surface area contributed by atoms with Crippen LogP contribution in [0.25, 0.3) is 33.8 Å². The fraction of sp³-hybridized carbons (Fsp3) is 0.385. The Labute approximate surface area is 191 Å². The highest BCUT2D eigenvalue weighted by atomic mass is 35.5. The van der Waals surface area contributed by atoms with E-state index in [2.05, 4.69) is 22.1 Å². The van der Waals surface area contributed by atoms with Crippen LogP contribution in [0.15, 0.2) is 48.8 Å². The summed E-state index contributed by atoms with van der Waals surface area (Å²) in [6, 6.07) is 14.1. The number of hydrogen-bond donors (Lipinski definition) is 1. The predicted octanol–water partition coefficient (Wildman–Crippen LogP) is 6.20. The molecular weight excluding hydrogens is 418 g/mol. The van der Waals surface area contributed by atoms with Crippen LogP contribution in [0.2, 0.25) is 5.02 Å².